The maximum atomic E-state index is 11.6. The van der Waals surface area contributed by atoms with Crippen molar-refractivity contribution in [2.45, 2.75) is 4.90 Å². The zero-order valence-electron chi connectivity index (χ0n) is 10.4. The maximum Gasteiger partial charge on any atom is 0.382 e. The van der Waals surface area contributed by atoms with Crippen molar-refractivity contribution in [3.63, 3.8) is 0 Å². The molecule has 1 heterocycles. The highest BCUT2D eigenvalue weighted by Gasteiger charge is 2.18. The SMILES string of the molecule is NS(=O)(=O)c1cccc2c1ccc1ncc([N+](=O)[O-])nc12. The van der Waals surface area contributed by atoms with Crippen LogP contribution >= 0.6 is 0 Å². The summed E-state index contributed by atoms with van der Waals surface area (Å²) in [6.45, 7) is 0. The molecular formula is C12H8N4O4S. The molecule has 0 aliphatic rings. The highest BCUT2D eigenvalue weighted by atomic mass is 32.2. The van der Waals surface area contributed by atoms with Gasteiger partial charge < -0.3 is 10.1 Å². The Hall–Kier alpha value is -2.65. The molecule has 2 aromatic carbocycles. The topological polar surface area (TPSA) is 129 Å². The van der Waals surface area contributed by atoms with E-state index in [1.807, 2.05) is 0 Å². The summed E-state index contributed by atoms with van der Waals surface area (Å²) in [5.74, 6) is -0.406. The molecule has 9 heteroatoms. The molecule has 0 fully saturated rings. The average molecular weight is 304 g/mol. The predicted octanol–water partition coefficient (Wildman–Crippen LogP) is 1.34. The minimum Gasteiger partial charge on any atom is -0.358 e. The molecule has 0 bridgehead atoms. The summed E-state index contributed by atoms with van der Waals surface area (Å²) in [4.78, 5) is 18.0. The van der Waals surface area contributed by atoms with Crippen LogP contribution in [0.1, 0.15) is 0 Å². The van der Waals surface area contributed by atoms with Crippen LogP contribution in [0.5, 0.6) is 0 Å². The first-order valence-electron chi connectivity index (χ1n) is 5.73. The smallest absolute Gasteiger partial charge is 0.358 e. The third-order valence-electron chi connectivity index (χ3n) is 3.01. The first-order valence-corrected chi connectivity index (χ1v) is 7.28. The largest absolute Gasteiger partial charge is 0.382 e. The molecular weight excluding hydrogens is 296 g/mol. The van der Waals surface area contributed by atoms with Crippen LogP contribution in [-0.4, -0.2) is 23.3 Å². The number of fused-ring (bicyclic) bond motifs is 3. The first-order chi connectivity index (χ1) is 9.88. The maximum absolute atomic E-state index is 11.6. The molecule has 1 aromatic heterocycles. The molecule has 0 aliphatic heterocycles. The van der Waals surface area contributed by atoms with E-state index in [0.717, 1.165) is 6.20 Å². The number of aromatic nitrogens is 2. The second kappa shape index (κ2) is 4.43. The van der Waals surface area contributed by atoms with Crippen LogP contribution in [0.2, 0.25) is 0 Å². The van der Waals surface area contributed by atoms with Crippen molar-refractivity contribution < 1.29 is 13.3 Å². The number of benzene rings is 2. The third-order valence-corrected chi connectivity index (χ3v) is 3.98. The molecule has 0 radical (unpaired) electrons. The second-order valence-corrected chi connectivity index (χ2v) is 5.84. The first kappa shape index (κ1) is 13.3. The molecule has 3 rings (SSSR count). The minimum absolute atomic E-state index is 0.0600. The summed E-state index contributed by atoms with van der Waals surface area (Å²) in [6, 6.07) is 7.59. The van der Waals surface area contributed by atoms with Crippen molar-refractivity contribution in [3.8, 4) is 0 Å². The van der Waals surface area contributed by atoms with Gasteiger partial charge in [-0.25, -0.2) is 18.5 Å². The Kier molecular flexibility index (Phi) is 2.81. The molecule has 0 saturated heterocycles. The van der Waals surface area contributed by atoms with Gasteiger partial charge in [0.15, 0.2) is 0 Å². The van der Waals surface area contributed by atoms with E-state index in [1.165, 1.54) is 12.1 Å². The number of nitrogens with two attached hydrogens (primary N) is 1. The van der Waals surface area contributed by atoms with Crippen LogP contribution in [0.15, 0.2) is 41.4 Å². The number of hydrogen-bond donors (Lipinski definition) is 1. The van der Waals surface area contributed by atoms with E-state index in [2.05, 4.69) is 9.97 Å². The van der Waals surface area contributed by atoms with Gasteiger partial charge in [-0.15, -0.1) is 0 Å². The number of rotatable bonds is 2. The van der Waals surface area contributed by atoms with Gasteiger partial charge in [0.25, 0.3) is 0 Å². The lowest BCUT2D eigenvalue weighted by Crippen LogP contribution is -2.12. The number of nitro groups is 1. The summed E-state index contributed by atoms with van der Waals surface area (Å²) >= 11 is 0. The average Bonchev–Trinajstić information content (AvgIpc) is 2.44. The van der Waals surface area contributed by atoms with Crippen molar-refractivity contribution in [3.05, 3.63) is 46.6 Å². The molecule has 21 heavy (non-hydrogen) atoms. The molecule has 0 amide bonds. The fourth-order valence-corrected chi connectivity index (χ4v) is 2.88. The van der Waals surface area contributed by atoms with E-state index in [-0.39, 0.29) is 10.4 Å². The summed E-state index contributed by atoms with van der Waals surface area (Å²) < 4.78 is 23.2. The standard InChI is InChI=1S/C12H8N4O4S/c13-21(19,20)10-3-1-2-8-7(10)4-5-9-12(8)15-11(6-14-9)16(17)18/h1-6H,(H2,13,19,20). The van der Waals surface area contributed by atoms with E-state index in [0.29, 0.717) is 16.3 Å². The van der Waals surface area contributed by atoms with Gasteiger partial charge in [-0.05, 0) is 28.1 Å². The van der Waals surface area contributed by atoms with Gasteiger partial charge in [0.1, 0.15) is 11.7 Å². The lowest BCUT2D eigenvalue weighted by molar-refractivity contribution is -0.389. The lowest BCUT2D eigenvalue weighted by Gasteiger charge is -2.04. The van der Waals surface area contributed by atoms with Crippen molar-refractivity contribution in [1.29, 1.82) is 0 Å². The highest BCUT2D eigenvalue weighted by molar-refractivity contribution is 7.89. The Balaban J connectivity index is 2.49. The van der Waals surface area contributed by atoms with Gasteiger partial charge in [-0.1, -0.05) is 12.1 Å². The van der Waals surface area contributed by atoms with Gasteiger partial charge in [-0.3, -0.25) is 0 Å². The summed E-state index contributed by atoms with van der Waals surface area (Å²) in [6.07, 6.45) is 1.05. The van der Waals surface area contributed by atoms with E-state index < -0.39 is 20.8 Å². The minimum atomic E-state index is -3.91. The van der Waals surface area contributed by atoms with Gasteiger partial charge in [0.05, 0.1) is 4.90 Å². The second-order valence-electron chi connectivity index (χ2n) is 4.31. The predicted molar refractivity (Wildman–Crippen MR) is 75.1 cm³/mol. The molecule has 0 aliphatic carbocycles. The molecule has 0 spiro atoms. The Morgan fingerprint density at radius 1 is 1.14 bits per heavy atom. The van der Waals surface area contributed by atoms with Crippen molar-refractivity contribution in [2.24, 2.45) is 5.14 Å². The molecule has 3 aromatic rings. The quantitative estimate of drug-likeness (QED) is 0.432. The Labute approximate surface area is 118 Å². The van der Waals surface area contributed by atoms with E-state index in [4.69, 9.17) is 5.14 Å². The normalized spacial score (nSPS) is 11.9. The third kappa shape index (κ3) is 2.18. The van der Waals surface area contributed by atoms with Crippen LogP contribution in [0, 0.1) is 10.1 Å². The Morgan fingerprint density at radius 2 is 1.90 bits per heavy atom. The fraction of sp³-hybridized carbons (Fsp3) is 0. The zero-order valence-corrected chi connectivity index (χ0v) is 11.2. The monoisotopic (exact) mass is 304 g/mol. The number of primary sulfonamides is 1. The molecule has 8 nitrogen and oxygen atoms in total. The van der Waals surface area contributed by atoms with Gasteiger partial charge >= 0.3 is 5.82 Å². The van der Waals surface area contributed by atoms with Gasteiger partial charge in [0.2, 0.25) is 15.5 Å². The van der Waals surface area contributed by atoms with Gasteiger partial charge in [-0.2, -0.15) is 0 Å². The molecule has 0 saturated carbocycles. The fourth-order valence-electron chi connectivity index (χ4n) is 2.13. The van der Waals surface area contributed by atoms with Crippen LogP contribution in [0.3, 0.4) is 0 Å². The zero-order chi connectivity index (χ0) is 15.2. The molecule has 106 valence electrons. The number of nitrogens with zero attached hydrogens (tertiary/aromatic N) is 3. The summed E-state index contributed by atoms with van der Waals surface area (Å²) in [5.41, 5.74) is 0.687. The number of sulfonamides is 1. The van der Waals surface area contributed by atoms with E-state index >= 15 is 0 Å². The van der Waals surface area contributed by atoms with Crippen molar-refractivity contribution >= 4 is 37.6 Å². The Morgan fingerprint density at radius 3 is 2.57 bits per heavy atom. The summed E-state index contributed by atoms with van der Waals surface area (Å²) in [7, 11) is -3.91. The van der Waals surface area contributed by atoms with Crippen LogP contribution < -0.4 is 5.14 Å². The molecule has 0 unspecified atom stereocenters. The lowest BCUT2D eigenvalue weighted by atomic mass is 10.1. The molecule has 0 atom stereocenters. The van der Waals surface area contributed by atoms with Crippen LogP contribution in [0.4, 0.5) is 5.82 Å². The van der Waals surface area contributed by atoms with Crippen molar-refractivity contribution in [2.75, 3.05) is 0 Å². The Bertz CT molecular complexity index is 1000. The van der Waals surface area contributed by atoms with Crippen LogP contribution in [0.25, 0.3) is 21.8 Å². The van der Waals surface area contributed by atoms with Crippen LogP contribution in [-0.2, 0) is 10.0 Å². The van der Waals surface area contributed by atoms with Crippen molar-refractivity contribution in [1.82, 2.24) is 9.97 Å². The number of hydrogen-bond acceptors (Lipinski definition) is 6. The van der Waals surface area contributed by atoms with Gasteiger partial charge in [0, 0.05) is 10.8 Å². The highest BCUT2D eigenvalue weighted by Crippen LogP contribution is 2.28. The summed E-state index contributed by atoms with van der Waals surface area (Å²) in [5, 5.41) is 16.8. The van der Waals surface area contributed by atoms with E-state index in [1.54, 1.807) is 18.2 Å². The molecule has 2 N–H and O–H groups in total. The van der Waals surface area contributed by atoms with E-state index in [9.17, 15) is 18.5 Å².